The largest absolute Gasteiger partial charge is 0.393 e. The van der Waals surface area contributed by atoms with E-state index >= 15 is 0 Å². The number of amides is 1. The van der Waals surface area contributed by atoms with Crippen LogP contribution in [-0.4, -0.2) is 18.0 Å². The molecule has 1 aromatic carbocycles. The number of ether oxygens (including phenoxy) is 1. The highest BCUT2D eigenvalue weighted by atomic mass is 32.1. The molecule has 3 N–H and O–H groups in total. The van der Waals surface area contributed by atoms with Crippen molar-refractivity contribution < 1.29 is 9.53 Å². The van der Waals surface area contributed by atoms with Gasteiger partial charge in [-0.25, -0.2) is 0 Å². The first-order valence-corrected chi connectivity index (χ1v) is 5.63. The summed E-state index contributed by atoms with van der Waals surface area (Å²) >= 11 is 4.78. The number of carbonyl (C=O) groups excluding carboxylic acids is 1. The Morgan fingerprint density at radius 2 is 2.29 bits per heavy atom. The molecule has 0 heterocycles. The van der Waals surface area contributed by atoms with Crippen molar-refractivity contribution in [3.05, 3.63) is 29.8 Å². The minimum Gasteiger partial charge on any atom is -0.393 e. The van der Waals surface area contributed by atoms with E-state index in [1.807, 2.05) is 24.3 Å². The zero-order valence-electron chi connectivity index (χ0n) is 9.90. The Balaban J connectivity index is 2.71. The molecule has 0 spiro atoms. The predicted molar refractivity (Wildman–Crippen MR) is 71.7 cm³/mol. The topological polar surface area (TPSA) is 64.3 Å². The molecule has 0 aliphatic heterocycles. The molecular weight excluding hydrogens is 236 g/mol. The smallest absolute Gasteiger partial charge is 0.234 e. The molecule has 0 aromatic heterocycles. The standard InChI is InChI=1S/C12H16N2O2S/c1-8(11(13)17)12(15)14-10-5-3-4-9(6-10)7-16-2/h3-6,8H,7H2,1-2H3,(H2,13,17)(H,14,15). The van der Waals surface area contributed by atoms with Crippen LogP contribution in [0.4, 0.5) is 5.69 Å². The average Bonchev–Trinajstić information content (AvgIpc) is 2.28. The zero-order valence-corrected chi connectivity index (χ0v) is 10.7. The van der Waals surface area contributed by atoms with Crippen LogP contribution in [0.2, 0.25) is 0 Å². The van der Waals surface area contributed by atoms with E-state index < -0.39 is 5.92 Å². The van der Waals surface area contributed by atoms with E-state index in [0.717, 1.165) is 5.56 Å². The number of hydrogen-bond acceptors (Lipinski definition) is 3. The second kappa shape index (κ2) is 6.32. The Morgan fingerprint density at radius 1 is 1.59 bits per heavy atom. The van der Waals surface area contributed by atoms with Gasteiger partial charge in [0.25, 0.3) is 0 Å². The first kappa shape index (κ1) is 13.6. The van der Waals surface area contributed by atoms with Gasteiger partial charge in [-0.1, -0.05) is 24.4 Å². The van der Waals surface area contributed by atoms with Crippen LogP contribution in [0.3, 0.4) is 0 Å². The van der Waals surface area contributed by atoms with E-state index in [-0.39, 0.29) is 10.9 Å². The highest BCUT2D eigenvalue weighted by molar-refractivity contribution is 7.80. The average molecular weight is 252 g/mol. The summed E-state index contributed by atoms with van der Waals surface area (Å²) in [5, 5.41) is 2.76. The second-order valence-electron chi connectivity index (χ2n) is 3.75. The van der Waals surface area contributed by atoms with Gasteiger partial charge in [-0.2, -0.15) is 0 Å². The van der Waals surface area contributed by atoms with Crippen LogP contribution in [0.5, 0.6) is 0 Å². The predicted octanol–water partition coefficient (Wildman–Crippen LogP) is 1.69. The fraction of sp³-hybridized carbons (Fsp3) is 0.333. The molecule has 92 valence electrons. The third kappa shape index (κ3) is 4.13. The van der Waals surface area contributed by atoms with Gasteiger partial charge >= 0.3 is 0 Å². The molecule has 0 saturated heterocycles. The maximum absolute atomic E-state index is 11.7. The number of thiocarbonyl (C=S) groups is 1. The minimum absolute atomic E-state index is 0.190. The van der Waals surface area contributed by atoms with Gasteiger partial charge in [0.15, 0.2) is 0 Å². The van der Waals surface area contributed by atoms with Crippen molar-refractivity contribution in [1.82, 2.24) is 0 Å². The molecule has 0 saturated carbocycles. The lowest BCUT2D eigenvalue weighted by molar-refractivity contribution is -0.117. The molecule has 4 nitrogen and oxygen atoms in total. The van der Waals surface area contributed by atoms with Crippen LogP contribution in [0.15, 0.2) is 24.3 Å². The van der Waals surface area contributed by atoms with Crippen LogP contribution >= 0.6 is 12.2 Å². The summed E-state index contributed by atoms with van der Waals surface area (Å²) < 4.78 is 5.02. The third-order valence-electron chi connectivity index (χ3n) is 2.33. The quantitative estimate of drug-likeness (QED) is 0.783. The van der Waals surface area contributed by atoms with E-state index in [9.17, 15) is 4.79 Å². The summed E-state index contributed by atoms with van der Waals surface area (Å²) in [4.78, 5) is 11.9. The van der Waals surface area contributed by atoms with Gasteiger partial charge < -0.3 is 15.8 Å². The van der Waals surface area contributed by atoms with Gasteiger partial charge in [0, 0.05) is 12.8 Å². The highest BCUT2D eigenvalue weighted by Gasteiger charge is 2.15. The third-order valence-corrected chi connectivity index (χ3v) is 2.68. The molecule has 1 unspecified atom stereocenters. The monoisotopic (exact) mass is 252 g/mol. The summed E-state index contributed by atoms with van der Waals surface area (Å²) in [7, 11) is 1.63. The number of benzene rings is 1. The Bertz CT molecular complexity index is 421. The van der Waals surface area contributed by atoms with Gasteiger partial charge in [0.05, 0.1) is 17.5 Å². The number of nitrogens with two attached hydrogens (primary N) is 1. The molecule has 0 aliphatic rings. The van der Waals surface area contributed by atoms with Crippen molar-refractivity contribution >= 4 is 28.8 Å². The number of anilines is 1. The summed E-state index contributed by atoms with van der Waals surface area (Å²) in [5.41, 5.74) is 7.13. The van der Waals surface area contributed by atoms with Gasteiger partial charge in [0.2, 0.25) is 5.91 Å². The Hall–Kier alpha value is -1.46. The maximum Gasteiger partial charge on any atom is 0.234 e. The number of methoxy groups -OCH3 is 1. The van der Waals surface area contributed by atoms with Crippen LogP contribution in [-0.2, 0) is 16.1 Å². The summed E-state index contributed by atoms with van der Waals surface area (Å²) in [6.07, 6.45) is 0. The molecule has 1 aromatic rings. The van der Waals surface area contributed by atoms with Gasteiger partial charge in [-0.15, -0.1) is 0 Å². The van der Waals surface area contributed by atoms with Crippen molar-refractivity contribution in [3.63, 3.8) is 0 Å². The lowest BCUT2D eigenvalue weighted by Gasteiger charge is -2.11. The summed E-state index contributed by atoms with van der Waals surface area (Å²) in [5.74, 6) is -0.678. The fourth-order valence-electron chi connectivity index (χ4n) is 1.29. The Labute approximate surface area is 106 Å². The van der Waals surface area contributed by atoms with Crippen LogP contribution in [0.25, 0.3) is 0 Å². The molecule has 1 atom stereocenters. The van der Waals surface area contributed by atoms with Crippen molar-refractivity contribution in [3.8, 4) is 0 Å². The van der Waals surface area contributed by atoms with E-state index in [1.54, 1.807) is 14.0 Å². The van der Waals surface area contributed by atoms with Crippen molar-refractivity contribution in [2.24, 2.45) is 11.7 Å². The van der Waals surface area contributed by atoms with Gasteiger partial charge in [-0.3, -0.25) is 4.79 Å². The number of carbonyl (C=O) groups is 1. The lowest BCUT2D eigenvalue weighted by atomic mass is 10.1. The molecular formula is C12H16N2O2S. The van der Waals surface area contributed by atoms with Crippen LogP contribution in [0.1, 0.15) is 12.5 Å². The summed E-state index contributed by atoms with van der Waals surface area (Å²) in [6, 6.07) is 7.45. The van der Waals surface area contributed by atoms with E-state index in [2.05, 4.69) is 5.32 Å². The van der Waals surface area contributed by atoms with Crippen molar-refractivity contribution in [2.45, 2.75) is 13.5 Å². The maximum atomic E-state index is 11.7. The second-order valence-corrected chi connectivity index (χ2v) is 4.22. The van der Waals surface area contributed by atoms with Crippen LogP contribution < -0.4 is 11.1 Å². The number of rotatable bonds is 5. The zero-order chi connectivity index (χ0) is 12.8. The van der Waals surface area contributed by atoms with E-state index in [4.69, 9.17) is 22.7 Å². The first-order valence-electron chi connectivity index (χ1n) is 5.22. The SMILES string of the molecule is COCc1cccc(NC(=O)C(C)C(N)=S)c1. The van der Waals surface area contributed by atoms with Crippen molar-refractivity contribution in [2.75, 3.05) is 12.4 Å². The molecule has 0 bridgehead atoms. The molecule has 0 aliphatic carbocycles. The highest BCUT2D eigenvalue weighted by Crippen LogP contribution is 2.12. The van der Waals surface area contributed by atoms with Gasteiger partial charge in [0.1, 0.15) is 0 Å². The van der Waals surface area contributed by atoms with Crippen molar-refractivity contribution in [1.29, 1.82) is 0 Å². The normalized spacial score (nSPS) is 11.9. The van der Waals surface area contributed by atoms with Gasteiger partial charge in [-0.05, 0) is 24.6 Å². The fourth-order valence-corrected chi connectivity index (χ4v) is 1.39. The molecule has 5 heteroatoms. The first-order chi connectivity index (χ1) is 8.04. The Kier molecular flexibility index (Phi) is 5.06. The van der Waals surface area contributed by atoms with E-state index in [1.165, 1.54) is 0 Å². The molecule has 1 rings (SSSR count). The summed E-state index contributed by atoms with van der Waals surface area (Å²) in [6.45, 7) is 2.19. The number of nitrogens with one attached hydrogen (secondary N) is 1. The van der Waals surface area contributed by atoms with E-state index in [0.29, 0.717) is 12.3 Å². The lowest BCUT2D eigenvalue weighted by Crippen LogP contribution is -2.30. The molecule has 1 amide bonds. The molecule has 0 fully saturated rings. The molecule has 0 radical (unpaired) electrons. The Morgan fingerprint density at radius 3 is 2.88 bits per heavy atom. The van der Waals surface area contributed by atoms with Crippen LogP contribution in [0, 0.1) is 5.92 Å². The minimum atomic E-state index is -0.476. The number of hydrogen-bond donors (Lipinski definition) is 2. The molecule has 17 heavy (non-hydrogen) atoms.